The van der Waals surface area contributed by atoms with Crippen LogP contribution in [0.15, 0.2) is 73.2 Å². The normalized spacial score (nSPS) is 16.8. The predicted molar refractivity (Wildman–Crippen MR) is 269 cm³/mol. The van der Waals surface area contributed by atoms with Crippen LogP contribution in [0.4, 0.5) is 0 Å². The highest BCUT2D eigenvalue weighted by atomic mass is 16.5. The maximum atomic E-state index is 12.9. The first-order valence-electron chi connectivity index (χ1n) is 23.8. The summed E-state index contributed by atoms with van der Waals surface area (Å²) in [4.78, 5) is 60.7. The Morgan fingerprint density at radius 1 is 0.639 bits per heavy atom. The number of nitrogens with zero attached hydrogens (tertiary/aromatic N) is 8. The van der Waals surface area contributed by atoms with E-state index < -0.39 is 5.97 Å². The number of aromatic hydroxyl groups is 3. The van der Waals surface area contributed by atoms with Crippen LogP contribution in [-0.4, -0.2) is 158 Å². The van der Waals surface area contributed by atoms with Gasteiger partial charge in [-0.3, -0.25) is 33.2 Å². The molecule has 2 amide bonds. The summed E-state index contributed by atoms with van der Waals surface area (Å²) in [5, 5.41) is 69.4. The van der Waals surface area contributed by atoms with Crippen LogP contribution in [0.2, 0.25) is 0 Å². The number of carboxylic acid groups (broad SMARTS) is 1. The number of aromatic nitrogens is 6. The quantitative estimate of drug-likeness (QED) is 0.0650. The second-order valence-electron chi connectivity index (χ2n) is 17.8. The zero-order chi connectivity index (χ0) is 52.2. The molecule has 0 radical (unpaired) electrons. The Kier molecular flexibility index (Phi) is 24.1. The molecule has 2 aromatic carbocycles. The van der Waals surface area contributed by atoms with E-state index in [1.165, 1.54) is 47.6 Å². The molecule has 0 aliphatic carbocycles. The van der Waals surface area contributed by atoms with E-state index in [1.807, 2.05) is 41.5 Å². The number of amides is 2. The van der Waals surface area contributed by atoms with E-state index in [2.05, 4.69) is 20.6 Å². The lowest BCUT2D eigenvalue weighted by atomic mass is 10.2. The molecule has 0 unspecified atom stereocenters. The molecule has 3 aliphatic rings. The summed E-state index contributed by atoms with van der Waals surface area (Å²) in [6.45, 7) is 14.8. The molecule has 7 N–H and O–H groups in total. The van der Waals surface area contributed by atoms with Crippen LogP contribution in [0.3, 0.4) is 0 Å². The SMILES string of the molecule is C.CC(C)n1nccc1C(=O)N1CCC[C@H]1CO.CC(C)n1nccc1C(=O)N1CCC[C@H]1COc1cccc(O)c1C=O.CC(C)n1nccc1C(=O)O.O=Cc1c(O)cccc1O.OC[C@@H]1CCCN1. The summed E-state index contributed by atoms with van der Waals surface area (Å²) in [5.41, 5.74) is 1.47. The van der Waals surface area contributed by atoms with Gasteiger partial charge in [0.1, 0.15) is 46.7 Å². The lowest BCUT2D eigenvalue weighted by molar-refractivity contribution is 0.0659. The summed E-state index contributed by atoms with van der Waals surface area (Å²) in [5.74, 6) is -1.20. The van der Waals surface area contributed by atoms with Gasteiger partial charge < -0.3 is 50.5 Å². The number of benzene rings is 2. The molecule has 8 rings (SSSR count). The summed E-state index contributed by atoms with van der Waals surface area (Å²) in [6, 6.07) is 14.4. The van der Waals surface area contributed by atoms with Crippen molar-refractivity contribution >= 4 is 30.4 Å². The highest BCUT2D eigenvalue weighted by molar-refractivity contribution is 5.93. The number of hydrogen-bond acceptors (Lipinski definition) is 15. The second kappa shape index (κ2) is 29.3. The molecule has 3 atom stereocenters. The number of aliphatic hydroxyl groups excluding tert-OH is 2. The monoisotopic (exact) mass is 1000 g/mol. The minimum atomic E-state index is -0.934. The van der Waals surface area contributed by atoms with Gasteiger partial charge in [0.25, 0.3) is 11.8 Å². The van der Waals surface area contributed by atoms with Gasteiger partial charge in [0.15, 0.2) is 12.6 Å². The lowest BCUT2D eigenvalue weighted by Crippen LogP contribution is -2.40. The topological polar surface area (TPSA) is 288 Å². The van der Waals surface area contributed by atoms with Gasteiger partial charge in [-0.1, -0.05) is 19.6 Å². The van der Waals surface area contributed by atoms with Crippen molar-refractivity contribution in [3.05, 3.63) is 101 Å². The average molecular weight is 1000 g/mol. The number of phenolic OH excluding ortho intramolecular Hbond substituents is 3. The van der Waals surface area contributed by atoms with Gasteiger partial charge in [-0.25, -0.2) is 4.79 Å². The second-order valence-corrected chi connectivity index (χ2v) is 17.8. The number of likely N-dealkylation sites (tertiary alicyclic amines) is 2. The number of aliphatic hydroxyl groups is 2. The Bertz CT molecular complexity index is 2460. The third-order valence-electron chi connectivity index (χ3n) is 11.8. The molecule has 6 heterocycles. The molecule has 0 bridgehead atoms. The van der Waals surface area contributed by atoms with Crippen LogP contribution in [0, 0.1) is 0 Å². The standard InChI is InChI=1S/C19H23N3O4.C12H19N3O2.C7H10N2O2.C7H6O3.C5H11NO.CH4/c1-13(2)22-16(8-9-20-22)19(25)21-10-4-5-14(21)12-26-18-7-3-6-17(24)15(18)11-23;1-9(2)15-11(5-6-13-15)12(17)14-7-3-4-10(14)8-16;1-5(2)9-6(7(10)11)3-4-8-9;8-4-5-6(9)2-1-3-7(5)10;7-4-5-2-1-3-6-5;/h3,6-9,11,13-14,24H,4-5,10,12H2,1-2H3;5-6,9-10,16H,3-4,7-8H2,1-2H3;3-5H,1-2H3,(H,10,11);1-4,9-10H;5-7H,1-4H2;1H4/t14-;10-;;;5-;/m00..0./s1. The molecule has 3 saturated heterocycles. The summed E-state index contributed by atoms with van der Waals surface area (Å²) < 4.78 is 10.7. The number of carbonyl (C=O) groups is 5. The molecule has 72 heavy (non-hydrogen) atoms. The van der Waals surface area contributed by atoms with E-state index >= 15 is 0 Å². The molecule has 3 fully saturated rings. The van der Waals surface area contributed by atoms with E-state index in [4.69, 9.17) is 25.2 Å². The number of carbonyl (C=O) groups excluding carboxylic acids is 4. The third-order valence-corrected chi connectivity index (χ3v) is 11.8. The number of hydrogen-bond donors (Lipinski definition) is 7. The number of aldehydes is 2. The van der Waals surface area contributed by atoms with E-state index in [0.717, 1.165) is 45.2 Å². The number of carboxylic acids is 1. The molecule has 5 aromatic rings. The van der Waals surface area contributed by atoms with Crippen molar-refractivity contribution in [3.63, 3.8) is 0 Å². The number of nitrogens with one attached hydrogen (secondary N) is 1. The lowest BCUT2D eigenvalue weighted by Gasteiger charge is -2.25. The van der Waals surface area contributed by atoms with E-state index in [1.54, 1.807) is 55.8 Å². The Morgan fingerprint density at radius 2 is 1.08 bits per heavy atom. The minimum absolute atomic E-state index is 0. The predicted octanol–water partition coefficient (Wildman–Crippen LogP) is 6.17. The fourth-order valence-electron chi connectivity index (χ4n) is 8.09. The molecular weight excluding hydrogens is 931 g/mol. The maximum Gasteiger partial charge on any atom is 0.354 e. The van der Waals surface area contributed by atoms with Gasteiger partial charge >= 0.3 is 5.97 Å². The molecular formula is C51H73N9O12. The summed E-state index contributed by atoms with van der Waals surface area (Å²) in [7, 11) is 0. The molecule has 0 spiro atoms. The van der Waals surface area contributed by atoms with Crippen LogP contribution < -0.4 is 10.1 Å². The van der Waals surface area contributed by atoms with Crippen LogP contribution in [0.1, 0.15) is 158 Å². The van der Waals surface area contributed by atoms with E-state index in [9.17, 15) is 34.2 Å². The molecule has 394 valence electrons. The first kappa shape index (κ1) is 59.2. The van der Waals surface area contributed by atoms with Crippen LogP contribution in [0.5, 0.6) is 23.0 Å². The highest BCUT2D eigenvalue weighted by Gasteiger charge is 2.33. The van der Waals surface area contributed by atoms with Crippen LogP contribution in [0.25, 0.3) is 0 Å². The zero-order valence-electron chi connectivity index (χ0n) is 41.2. The summed E-state index contributed by atoms with van der Waals surface area (Å²) in [6.07, 6.45) is 11.7. The number of aromatic carboxylic acids is 1. The van der Waals surface area contributed by atoms with Crippen molar-refractivity contribution in [2.45, 2.75) is 124 Å². The van der Waals surface area contributed by atoms with Crippen molar-refractivity contribution in [3.8, 4) is 23.0 Å². The number of phenols is 3. The summed E-state index contributed by atoms with van der Waals surface area (Å²) >= 11 is 0. The van der Waals surface area contributed by atoms with Gasteiger partial charge in [-0.15, -0.1) is 0 Å². The Morgan fingerprint density at radius 3 is 1.47 bits per heavy atom. The third kappa shape index (κ3) is 16.0. The fraction of sp³-hybridized carbons (Fsp3) is 0.490. The minimum Gasteiger partial charge on any atom is -0.507 e. The van der Waals surface area contributed by atoms with Gasteiger partial charge in [0, 0.05) is 55.8 Å². The average Bonchev–Trinajstić information content (AvgIpc) is 4.21. The molecule has 3 aromatic heterocycles. The zero-order valence-corrected chi connectivity index (χ0v) is 41.2. The first-order chi connectivity index (χ1) is 34.0. The largest absolute Gasteiger partial charge is 0.507 e. The van der Waals surface area contributed by atoms with Crippen molar-refractivity contribution in [1.82, 2.24) is 44.5 Å². The van der Waals surface area contributed by atoms with Gasteiger partial charge in [0.05, 0.1) is 36.4 Å². The van der Waals surface area contributed by atoms with Crippen LogP contribution in [-0.2, 0) is 0 Å². The molecule has 0 saturated carbocycles. The Balaban J connectivity index is 0.000000256. The van der Waals surface area contributed by atoms with Gasteiger partial charge in [-0.2, -0.15) is 15.3 Å². The molecule has 21 nitrogen and oxygen atoms in total. The van der Waals surface area contributed by atoms with E-state index in [0.29, 0.717) is 48.9 Å². The molecule has 21 heteroatoms. The Labute approximate surface area is 420 Å². The molecule has 3 aliphatic heterocycles. The van der Waals surface area contributed by atoms with Gasteiger partial charge in [-0.05, 0) is 129 Å². The van der Waals surface area contributed by atoms with Crippen molar-refractivity contribution in [2.75, 3.05) is 39.5 Å². The van der Waals surface area contributed by atoms with E-state index in [-0.39, 0.29) is 96.7 Å². The Hall–Kier alpha value is -7.10. The van der Waals surface area contributed by atoms with Gasteiger partial charge in [0.2, 0.25) is 0 Å². The van der Waals surface area contributed by atoms with Crippen LogP contribution >= 0.6 is 0 Å². The number of rotatable bonds is 13. The fourth-order valence-corrected chi connectivity index (χ4v) is 8.09. The highest BCUT2D eigenvalue weighted by Crippen LogP contribution is 2.28. The van der Waals surface area contributed by atoms with Crippen molar-refractivity contribution in [1.29, 1.82) is 0 Å². The first-order valence-corrected chi connectivity index (χ1v) is 23.8. The number of ether oxygens (including phenoxy) is 1. The van der Waals surface area contributed by atoms with Crippen molar-refractivity contribution in [2.24, 2.45) is 0 Å². The maximum absolute atomic E-state index is 12.9. The van der Waals surface area contributed by atoms with Crippen molar-refractivity contribution < 1.29 is 59.3 Å². The smallest absolute Gasteiger partial charge is 0.354 e.